The van der Waals surface area contributed by atoms with Gasteiger partial charge < -0.3 is 4.90 Å². The molecule has 126 valence electrons. The van der Waals surface area contributed by atoms with Gasteiger partial charge in [0.15, 0.2) is 11.6 Å². The molecule has 0 aromatic heterocycles. The van der Waals surface area contributed by atoms with E-state index in [4.69, 9.17) is 11.6 Å². The Bertz CT molecular complexity index is 871. The number of nitrogens with zero attached hydrogens (tertiary/aromatic N) is 3. The van der Waals surface area contributed by atoms with Crippen LogP contribution in [-0.4, -0.2) is 33.5 Å². The van der Waals surface area contributed by atoms with Gasteiger partial charge in [-0.2, -0.15) is 5.26 Å². The zero-order valence-corrected chi connectivity index (χ0v) is 13.6. The number of hydrogen-bond acceptors (Lipinski definition) is 6. The maximum absolute atomic E-state index is 12.4. The minimum absolute atomic E-state index is 0.00942. The summed E-state index contributed by atoms with van der Waals surface area (Å²) >= 11 is 5.96. The summed E-state index contributed by atoms with van der Waals surface area (Å²) in [5.41, 5.74) is -0.225. The summed E-state index contributed by atoms with van der Waals surface area (Å²) in [4.78, 5) is 36.2. The summed E-state index contributed by atoms with van der Waals surface area (Å²) in [6.07, 6.45) is 6.22. The Morgan fingerprint density at radius 3 is 2.92 bits per heavy atom. The number of ketones is 2. The third-order valence-corrected chi connectivity index (χ3v) is 4.70. The number of hydrogen-bond donors (Lipinski definition) is 0. The summed E-state index contributed by atoms with van der Waals surface area (Å²) in [6, 6.07) is 5.07. The minimum Gasteiger partial charge on any atom is -0.359 e. The lowest BCUT2D eigenvalue weighted by molar-refractivity contribution is -0.384. The number of nitriles is 1. The molecule has 0 N–H and O–H groups in total. The number of halogens is 1. The molecular weight excluding hydrogens is 346 g/mol. The van der Waals surface area contributed by atoms with Crippen molar-refractivity contribution in [3.05, 3.63) is 63.3 Å². The summed E-state index contributed by atoms with van der Waals surface area (Å²) in [7, 11) is 0. The molecule has 2 aliphatic heterocycles. The van der Waals surface area contributed by atoms with Gasteiger partial charge in [0.2, 0.25) is 0 Å². The number of non-ortho nitro benzene ring substituents is 1. The van der Waals surface area contributed by atoms with Crippen molar-refractivity contribution in [2.75, 3.05) is 0 Å². The van der Waals surface area contributed by atoms with E-state index in [9.17, 15) is 25.0 Å². The largest absolute Gasteiger partial charge is 0.359 e. The zero-order valence-electron chi connectivity index (χ0n) is 12.8. The number of carbonyl (C=O) groups is 2. The van der Waals surface area contributed by atoms with Crippen LogP contribution in [0.2, 0.25) is 5.02 Å². The number of fused-ring (bicyclic) bond motifs is 2. The van der Waals surface area contributed by atoms with Gasteiger partial charge in [0.25, 0.3) is 5.69 Å². The summed E-state index contributed by atoms with van der Waals surface area (Å²) in [6.45, 7) is 0. The van der Waals surface area contributed by atoms with Crippen LogP contribution in [0.4, 0.5) is 5.69 Å². The smallest absolute Gasteiger partial charge is 0.270 e. The molecule has 1 fully saturated rings. The first kappa shape index (κ1) is 16.9. The number of nitro benzene ring substituents is 1. The molecule has 3 rings (SSSR count). The number of rotatable bonds is 4. The first-order valence-corrected chi connectivity index (χ1v) is 7.85. The quantitative estimate of drug-likeness (QED) is 0.355. The van der Waals surface area contributed by atoms with Crippen molar-refractivity contribution >= 4 is 28.9 Å². The fourth-order valence-electron chi connectivity index (χ4n) is 3.11. The Morgan fingerprint density at radius 1 is 1.48 bits per heavy atom. The second-order valence-corrected chi connectivity index (χ2v) is 6.19. The highest BCUT2D eigenvalue weighted by molar-refractivity contribution is 6.34. The average Bonchev–Trinajstić information content (AvgIpc) is 2.86. The SMILES string of the molecule is N#CC1CC2C(=O)C=CC1N2C=CC(=O)c1cc([N+](=O)[O-])ccc1Cl. The molecule has 0 spiro atoms. The lowest BCUT2D eigenvalue weighted by Crippen LogP contribution is -2.39. The molecule has 8 heteroatoms. The van der Waals surface area contributed by atoms with Crippen LogP contribution >= 0.6 is 11.6 Å². The van der Waals surface area contributed by atoms with Gasteiger partial charge in [-0.25, -0.2) is 0 Å². The highest BCUT2D eigenvalue weighted by Crippen LogP contribution is 2.34. The van der Waals surface area contributed by atoms with E-state index in [1.165, 1.54) is 30.5 Å². The molecule has 2 bridgehead atoms. The van der Waals surface area contributed by atoms with E-state index in [0.29, 0.717) is 6.42 Å². The molecule has 25 heavy (non-hydrogen) atoms. The fraction of sp³-hybridized carbons (Fsp3) is 0.235. The monoisotopic (exact) mass is 357 g/mol. The Balaban J connectivity index is 1.85. The van der Waals surface area contributed by atoms with E-state index in [1.54, 1.807) is 11.0 Å². The van der Waals surface area contributed by atoms with Crippen molar-refractivity contribution in [3.8, 4) is 6.07 Å². The van der Waals surface area contributed by atoms with Crippen molar-refractivity contribution in [3.63, 3.8) is 0 Å². The molecule has 3 unspecified atom stereocenters. The van der Waals surface area contributed by atoms with Gasteiger partial charge in [-0.3, -0.25) is 19.7 Å². The number of allylic oxidation sites excluding steroid dienone is 1. The highest BCUT2D eigenvalue weighted by Gasteiger charge is 2.43. The highest BCUT2D eigenvalue weighted by atomic mass is 35.5. The minimum atomic E-state index is -0.608. The van der Waals surface area contributed by atoms with Crippen LogP contribution in [0, 0.1) is 27.4 Å². The average molecular weight is 358 g/mol. The van der Waals surface area contributed by atoms with Crippen molar-refractivity contribution in [1.29, 1.82) is 5.26 Å². The first-order valence-electron chi connectivity index (χ1n) is 7.48. The third-order valence-electron chi connectivity index (χ3n) is 4.37. The molecule has 0 radical (unpaired) electrons. The Kier molecular flexibility index (Phi) is 4.38. The van der Waals surface area contributed by atoms with Crippen LogP contribution in [0.25, 0.3) is 0 Å². The fourth-order valence-corrected chi connectivity index (χ4v) is 3.32. The zero-order chi connectivity index (χ0) is 18.1. The number of nitro groups is 1. The van der Waals surface area contributed by atoms with Crippen molar-refractivity contribution in [2.45, 2.75) is 18.5 Å². The summed E-state index contributed by atoms with van der Waals surface area (Å²) < 4.78 is 0. The van der Waals surface area contributed by atoms with Crippen LogP contribution in [0.5, 0.6) is 0 Å². The van der Waals surface area contributed by atoms with E-state index in [2.05, 4.69) is 6.07 Å². The van der Waals surface area contributed by atoms with E-state index >= 15 is 0 Å². The maximum Gasteiger partial charge on any atom is 0.270 e. The molecule has 1 aromatic rings. The molecule has 0 amide bonds. The molecule has 1 aromatic carbocycles. The van der Waals surface area contributed by atoms with Crippen LogP contribution < -0.4 is 0 Å². The lowest BCUT2D eigenvalue weighted by Gasteiger charge is -2.29. The molecule has 0 aliphatic carbocycles. The van der Waals surface area contributed by atoms with Crippen molar-refractivity contribution in [1.82, 2.24) is 4.90 Å². The Labute approximate surface area is 147 Å². The number of benzene rings is 1. The summed E-state index contributed by atoms with van der Waals surface area (Å²) in [5, 5.41) is 20.1. The van der Waals surface area contributed by atoms with Crippen LogP contribution in [0.1, 0.15) is 16.8 Å². The lowest BCUT2D eigenvalue weighted by atomic mass is 10.0. The van der Waals surface area contributed by atoms with Gasteiger partial charge in [-0.05, 0) is 18.6 Å². The van der Waals surface area contributed by atoms with E-state index in [0.717, 1.165) is 6.07 Å². The van der Waals surface area contributed by atoms with E-state index in [-0.39, 0.29) is 34.0 Å². The predicted octanol–water partition coefficient (Wildman–Crippen LogP) is 2.67. The van der Waals surface area contributed by atoms with Gasteiger partial charge in [0.05, 0.1) is 34.0 Å². The third kappa shape index (κ3) is 3.04. The Hall–Kier alpha value is -2.98. The van der Waals surface area contributed by atoms with Gasteiger partial charge in [0.1, 0.15) is 0 Å². The second-order valence-electron chi connectivity index (χ2n) is 5.79. The maximum atomic E-state index is 12.4. The van der Waals surface area contributed by atoms with Crippen molar-refractivity contribution in [2.24, 2.45) is 5.92 Å². The topological polar surface area (TPSA) is 104 Å². The molecule has 3 atom stereocenters. The summed E-state index contributed by atoms with van der Waals surface area (Å²) in [5.74, 6) is -0.947. The normalized spacial score (nSPS) is 24.6. The Morgan fingerprint density at radius 2 is 2.24 bits per heavy atom. The predicted molar refractivity (Wildman–Crippen MR) is 88.9 cm³/mol. The number of carbonyl (C=O) groups excluding carboxylic acids is 2. The standard InChI is InChI=1S/C17H12ClN3O4/c18-13-2-1-11(21(24)25)8-12(13)16(22)5-6-20-14-3-4-17(23)15(20)7-10(14)9-19/h1-6,8,10,14-15H,7H2. The van der Waals surface area contributed by atoms with E-state index < -0.39 is 16.7 Å². The van der Waals surface area contributed by atoms with Crippen LogP contribution in [-0.2, 0) is 4.79 Å². The van der Waals surface area contributed by atoms with Crippen molar-refractivity contribution < 1.29 is 14.5 Å². The van der Waals surface area contributed by atoms with Gasteiger partial charge >= 0.3 is 0 Å². The van der Waals surface area contributed by atoms with E-state index in [1.807, 2.05) is 0 Å². The van der Waals surface area contributed by atoms with Gasteiger partial charge in [-0.1, -0.05) is 17.7 Å². The molecule has 1 saturated heterocycles. The molecular formula is C17H12ClN3O4. The van der Waals surface area contributed by atoms with Gasteiger partial charge in [0, 0.05) is 30.0 Å². The molecule has 0 saturated carbocycles. The van der Waals surface area contributed by atoms with Gasteiger partial charge in [-0.15, -0.1) is 0 Å². The molecule has 7 nitrogen and oxygen atoms in total. The van der Waals surface area contributed by atoms with Crippen LogP contribution in [0.3, 0.4) is 0 Å². The molecule has 2 aliphatic rings. The van der Waals surface area contributed by atoms with Crippen LogP contribution in [0.15, 0.2) is 42.6 Å². The second kappa shape index (κ2) is 6.49. The molecule has 2 heterocycles. The first-order chi connectivity index (χ1) is 11.9.